The second-order valence-electron chi connectivity index (χ2n) is 16.4. The third kappa shape index (κ3) is 7.30. The molecule has 5 atom stereocenters. The van der Waals surface area contributed by atoms with Gasteiger partial charge in [-0.15, -0.1) is 0 Å². The van der Waals surface area contributed by atoms with E-state index in [4.69, 9.17) is 14.2 Å². The highest BCUT2D eigenvalue weighted by Crippen LogP contribution is 2.55. The third-order valence-electron chi connectivity index (χ3n) is 11.4. The van der Waals surface area contributed by atoms with Gasteiger partial charge in [0.1, 0.15) is 11.6 Å². The molecule has 48 heavy (non-hydrogen) atoms. The van der Waals surface area contributed by atoms with Crippen molar-refractivity contribution in [3.63, 3.8) is 0 Å². The molecule has 0 spiro atoms. The topological polar surface area (TPSA) is 109 Å². The zero-order chi connectivity index (χ0) is 33.6. The molecule has 260 valence electrons. The highest BCUT2D eigenvalue weighted by molar-refractivity contribution is 5.89. The Morgan fingerprint density at radius 3 is 2.17 bits per heavy atom. The van der Waals surface area contributed by atoms with Crippen LogP contribution in [0.3, 0.4) is 0 Å². The van der Waals surface area contributed by atoms with Crippen LogP contribution in [-0.4, -0.2) is 58.4 Å². The maximum atomic E-state index is 13.2. The number of esters is 1. The van der Waals surface area contributed by atoms with Crippen LogP contribution >= 0.6 is 0 Å². The zero-order valence-corrected chi connectivity index (χ0v) is 29.0. The molecular weight excluding hydrogens is 606 g/mol. The Balaban J connectivity index is 1.05. The van der Waals surface area contributed by atoms with Gasteiger partial charge in [0.2, 0.25) is 0 Å². The average molecular weight is 660 g/mol. The first-order chi connectivity index (χ1) is 23.0. The highest BCUT2D eigenvalue weighted by atomic mass is 16.7. The maximum Gasteiger partial charge on any atom is 0.323 e. The number of hydrogen-bond donors (Lipinski definition) is 3. The lowest BCUT2D eigenvalue weighted by atomic mass is 9.53. The fraction of sp³-hybridized carbons (Fsp3) is 0.641. The second-order valence-corrected chi connectivity index (χ2v) is 16.4. The minimum atomic E-state index is -0.633. The monoisotopic (exact) mass is 659 g/mol. The van der Waals surface area contributed by atoms with Crippen molar-refractivity contribution in [3.8, 4) is 0 Å². The number of ether oxygens (including phenoxy) is 3. The van der Waals surface area contributed by atoms with Gasteiger partial charge in [-0.3, -0.25) is 9.69 Å². The summed E-state index contributed by atoms with van der Waals surface area (Å²) in [6.07, 6.45) is 7.96. The van der Waals surface area contributed by atoms with E-state index in [9.17, 15) is 14.7 Å². The summed E-state index contributed by atoms with van der Waals surface area (Å²) < 4.78 is 19.1. The highest BCUT2D eigenvalue weighted by Gasteiger charge is 2.51. The molecule has 2 aliphatic heterocycles. The first kappa shape index (κ1) is 33.5. The number of aliphatic hydroxyl groups is 1. The zero-order valence-electron chi connectivity index (χ0n) is 29.0. The van der Waals surface area contributed by atoms with Crippen LogP contribution in [0.5, 0.6) is 0 Å². The van der Waals surface area contributed by atoms with Crippen LogP contribution < -0.4 is 10.6 Å². The Morgan fingerprint density at radius 2 is 1.56 bits per heavy atom. The third-order valence-corrected chi connectivity index (χ3v) is 11.4. The maximum absolute atomic E-state index is 13.2. The number of amides is 2. The van der Waals surface area contributed by atoms with Crippen molar-refractivity contribution in [3.05, 3.63) is 65.2 Å². The number of likely N-dealkylation sites (tertiary alicyclic amines) is 1. The molecule has 6 aliphatic rings. The van der Waals surface area contributed by atoms with Crippen molar-refractivity contribution in [2.24, 2.45) is 23.7 Å². The second kappa shape index (κ2) is 13.4. The number of carbonyl (C=O) groups excluding carboxylic acids is 2. The Hall–Kier alpha value is -2.98. The summed E-state index contributed by atoms with van der Waals surface area (Å²) in [5, 5.41) is 16.1. The van der Waals surface area contributed by atoms with Crippen LogP contribution in [0.4, 0.5) is 10.5 Å². The van der Waals surface area contributed by atoms with Gasteiger partial charge in [0.05, 0.1) is 18.8 Å². The number of urea groups is 1. The Morgan fingerprint density at radius 1 is 0.938 bits per heavy atom. The van der Waals surface area contributed by atoms with E-state index in [0.717, 1.165) is 78.8 Å². The SMILES string of the molecule is C[C@@H]1[C@H](CN2CCC[C@H]2C(=O)OC(C)(C)C)O[C@H](c2ccc(NC(=O)NC34CC5CC(CC(C5)C3)C4)cc2)O[C@@H]1c1ccc(CO)cc1. The lowest BCUT2D eigenvalue weighted by Gasteiger charge is -2.56. The Labute approximate surface area is 285 Å². The normalized spacial score (nSPS) is 34.6. The molecule has 4 saturated carbocycles. The van der Waals surface area contributed by atoms with Gasteiger partial charge in [0, 0.05) is 29.3 Å². The van der Waals surface area contributed by atoms with Crippen LogP contribution in [0.25, 0.3) is 0 Å². The van der Waals surface area contributed by atoms with Gasteiger partial charge in [-0.25, -0.2) is 4.79 Å². The molecule has 2 amide bonds. The molecule has 6 fully saturated rings. The molecule has 9 heteroatoms. The molecule has 4 bridgehead atoms. The molecule has 4 aliphatic carbocycles. The Bertz CT molecular complexity index is 1420. The number of rotatable bonds is 8. The number of benzene rings is 2. The van der Waals surface area contributed by atoms with E-state index in [1.807, 2.05) is 69.3 Å². The summed E-state index contributed by atoms with van der Waals surface area (Å²) in [6.45, 7) is 9.23. The molecule has 2 aromatic carbocycles. The van der Waals surface area contributed by atoms with Gasteiger partial charge < -0.3 is 30.0 Å². The van der Waals surface area contributed by atoms with E-state index in [2.05, 4.69) is 22.5 Å². The number of hydrogen-bond acceptors (Lipinski definition) is 7. The van der Waals surface area contributed by atoms with E-state index >= 15 is 0 Å². The van der Waals surface area contributed by atoms with Gasteiger partial charge in [-0.1, -0.05) is 43.3 Å². The van der Waals surface area contributed by atoms with Crippen molar-refractivity contribution < 1.29 is 28.9 Å². The summed E-state index contributed by atoms with van der Waals surface area (Å²) in [7, 11) is 0. The minimum Gasteiger partial charge on any atom is -0.459 e. The molecule has 8 rings (SSSR count). The number of carbonyl (C=O) groups is 2. The lowest BCUT2D eigenvalue weighted by molar-refractivity contribution is -0.276. The van der Waals surface area contributed by atoms with E-state index in [-0.39, 0.29) is 48.3 Å². The van der Waals surface area contributed by atoms with Gasteiger partial charge in [0.25, 0.3) is 0 Å². The number of aliphatic hydroxyl groups excluding tert-OH is 1. The van der Waals surface area contributed by atoms with Crippen molar-refractivity contribution in [1.29, 1.82) is 0 Å². The van der Waals surface area contributed by atoms with E-state index in [1.54, 1.807) is 0 Å². The van der Waals surface area contributed by atoms with E-state index in [1.165, 1.54) is 19.3 Å². The molecular formula is C39H53N3O6. The standard InChI is InChI=1S/C39H53N3O6/c1-24-33(22-42-15-5-6-32(42)35(44)48-38(2,3)4)46-36(47-34(24)29-9-7-25(23-43)8-10-29)30-11-13-31(14-12-30)40-37(45)41-39-19-26-16-27(20-39)18-28(17-26)21-39/h7-14,24,26-28,32-34,36,43H,5-6,15-23H2,1-4H3,(H2,40,41,45)/t24-,26?,27?,28?,32+,33+,34+,36+,39?/m1/s1. The van der Waals surface area contributed by atoms with Crippen molar-refractivity contribution >= 4 is 17.7 Å². The van der Waals surface area contributed by atoms with Crippen molar-refractivity contribution in [2.45, 2.75) is 121 Å². The smallest absolute Gasteiger partial charge is 0.323 e. The molecule has 3 N–H and O–H groups in total. The van der Waals surface area contributed by atoms with E-state index in [0.29, 0.717) is 6.54 Å². The fourth-order valence-electron chi connectivity index (χ4n) is 9.63. The lowest BCUT2D eigenvalue weighted by Crippen LogP contribution is -2.60. The summed E-state index contributed by atoms with van der Waals surface area (Å²) >= 11 is 0. The average Bonchev–Trinajstić information content (AvgIpc) is 3.49. The molecule has 2 heterocycles. The molecule has 2 aromatic rings. The summed E-state index contributed by atoms with van der Waals surface area (Å²) in [4.78, 5) is 28.5. The molecule has 0 unspecified atom stereocenters. The van der Waals surface area contributed by atoms with E-state index < -0.39 is 11.9 Å². The predicted octanol–water partition coefficient (Wildman–Crippen LogP) is 6.87. The number of nitrogens with zero attached hydrogens (tertiary/aromatic N) is 1. The van der Waals surface area contributed by atoms with Gasteiger partial charge in [0.15, 0.2) is 6.29 Å². The fourth-order valence-corrected chi connectivity index (χ4v) is 9.63. The van der Waals surface area contributed by atoms with Crippen LogP contribution in [-0.2, 0) is 25.6 Å². The molecule has 0 radical (unpaired) electrons. The largest absolute Gasteiger partial charge is 0.459 e. The first-order valence-electron chi connectivity index (χ1n) is 18.1. The first-order valence-corrected chi connectivity index (χ1v) is 18.1. The molecule has 2 saturated heterocycles. The Kier molecular flexibility index (Phi) is 9.34. The van der Waals surface area contributed by atoms with Crippen molar-refractivity contribution in [2.75, 3.05) is 18.4 Å². The van der Waals surface area contributed by atoms with Crippen LogP contribution in [0.1, 0.15) is 108 Å². The number of anilines is 1. The quantitative estimate of drug-likeness (QED) is 0.266. The van der Waals surface area contributed by atoms with Crippen molar-refractivity contribution in [1.82, 2.24) is 10.2 Å². The summed E-state index contributed by atoms with van der Waals surface area (Å²) in [5.74, 6) is 2.12. The summed E-state index contributed by atoms with van der Waals surface area (Å²) in [5.41, 5.74) is 2.87. The minimum absolute atomic E-state index is 0.00432. The van der Waals surface area contributed by atoms with Crippen LogP contribution in [0.2, 0.25) is 0 Å². The van der Waals surface area contributed by atoms with Gasteiger partial charge >= 0.3 is 12.0 Å². The van der Waals surface area contributed by atoms with Crippen LogP contribution in [0, 0.1) is 23.7 Å². The molecule has 9 nitrogen and oxygen atoms in total. The number of nitrogens with one attached hydrogen (secondary N) is 2. The van der Waals surface area contributed by atoms with Crippen LogP contribution in [0.15, 0.2) is 48.5 Å². The van der Waals surface area contributed by atoms with Gasteiger partial charge in [-0.2, -0.15) is 0 Å². The van der Waals surface area contributed by atoms with Gasteiger partial charge in [-0.05, 0) is 120 Å². The predicted molar refractivity (Wildman–Crippen MR) is 183 cm³/mol. The summed E-state index contributed by atoms with van der Waals surface area (Å²) in [6, 6.07) is 15.2. The molecule has 0 aromatic heterocycles.